The monoisotopic (exact) mass is 360 g/mol. The van der Waals surface area contributed by atoms with Gasteiger partial charge in [-0.1, -0.05) is 12.1 Å². The van der Waals surface area contributed by atoms with Gasteiger partial charge in [-0.15, -0.1) is 11.8 Å². The van der Waals surface area contributed by atoms with E-state index in [0.717, 1.165) is 0 Å². The van der Waals surface area contributed by atoms with E-state index in [0.29, 0.717) is 4.90 Å². The molecule has 130 valence electrons. The summed E-state index contributed by atoms with van der Waals surface area (Å²) < 4.78 is 4.95. The number of nitro benzene ring substituents is 1. The number of carbonyl (C=O) groups is 2. The van der Waals surface area contributed by atoms with Crippen LogP contribution in [0.2, 0.25) is 0 Å². The molecule has 0 unspecified atom stereocenters. The third-order valence-corrected chi connectivity index (χ3v) is 4.09. The van der Waals surface area contributed by atoms with Gasteiger partial charge in [0.05, 0.1) is 27.7 Å². The van der Waals surface area contributed by atoms with Crippen LogP contribution in [-0.2, 0) is 4.74 Å². The zero-order valence-corrected chi connectivity index (χ0v) is 14.5. The molecule has 0 fully saturated rings. The lowest BCUT2D eigenvalue weighted by Crippen LogP contribution is -2.16. The summed E-state index contributed by atoms with van der Waals surface area (Å²) in [7, 11) is 0. The third kappa shape index (κ3) is 4.36. The van der Waals surface area contributed by atoms with E-state index in [9.17, 15) is 19.7 Å². The Bertz CT molecular complexity index is 822. The highest BCUT2D eigenvalue weighted by Crippen LogP contribution is 2.28. The molecule has 0 aliphatic carbocycles. The Morgan fingerprint density at radius 2 is 1.96 bits per heavy atom. The van der Waals surface area contributed by atoms with E-state index >= 15 is 0 Å². The number of amides is 1. The summed E-state index contributed by atoms with van der Waals surface area (Å²) in [6.07, 6.45) is 1.72. The molecule has 7 nitrogen and oxygen atoms in total. The summed E-state index contributed by atoms with van der Waals surface area (Å²) >= 11 is 1.23. The van der Waals surface area contributed by atoms with Crippen molar-refractivity contribution in [2.24, 2.45) is 0 Å². The topological polar surface area (TPSA) is 98.5 Å². The lowest BCUT2D eigenvalue weighted by Gasteiger charge is -2.10. The molecular weight excluding hydrogens is 344 g/mol. The molecular formula is C17H16N2O5S. The predicted octanol–water partition coefficient (Wildman–Crippen LogP) is 3.75. The maximum atomic E-state index is 12.4. The number of rotatable bonds is 6. The molecule has 25 heavy (non-hydrogen) atoms. The molecule has 8 heteroatoms. The van der Waals surface area contributed by atoms with Crippen molar-refractivity contribution in [3.63, 3.8) is 0 Å². The average Bonchev–Trinajstić information content (AvgIpc) is 2.61. The number of hydrogen-bond donors (Lipinski definition) is 1. The second-order valence-corrected chi connectivity index (χ2v) is 5.71. The van der Waals surface area contributed by atoms with Crippen molar-refractivity contribution in [3.05, 3.63) is 63.7 Å². The fraction of sp³-hybridized carbons (Fsp3) is 0.176. The van der Waals surface area contributed by atoms with Crippen molar-refractivity contribution in [1.82, 2.24) is 0 Å². The Morgan fingerprint density at radius 3 is 2.60 bits per heavy atom. The van der Waals surface area contributed by atoms with E-state index in [-0.39, 0.29) is 29.1 Å². The van der Waals surface area contributed by atoms with Gasteiger partial charge in [-0.25, -0.2) is 4.79 Å². The van der Waals surface area contributed by atoms with E-state index < -0.39 is 16.8 Å². The van der Waals surface area contributed by atoms with Crippen molar-refractivity contribution >= 4 is 35.0 Å². The molecule has 0 bridgehead atoms. The fourth-order valence-electron chi connectivity index (χ4n) is 2.15. The van der Waals surface area contributed by atoms with Crippen LogP contribution < -0.4 is 5.32 Å². The van der Waals surface area contributed by atoms with Gasteiger partial charge in [0.1, 0.15) is 0 Å². The predicted molar refractivity (Wildman–Crippen MR) is 95.2 cm³/mol. The Hall–Kier alpha value is -2.87. The highest BCUT2D eigenvalue weighted by Gasteiger charge is 2.19. The van der Waals surface area contributed by atoms with Crippen LogP contribution in [0.4, 0.5) is 11.4 Å². The van der Waals surface area contributed by atoms with Crippen LogP contribution >= 0.6 is 11.8 Å². The first-order valence-electron chi connectivity index (χ1n) is 7.37. The minimum absolute atomic E-state index is 0.128. The number of nitro groups is 1. The van der Waals surface area contributed by atoms with Crippen molar-refractivity contribution in [2.45, 2.75) is 11.8 Å². The number of esters is 1. The van der Waals surface area contributed by atoms with E-state index in [2.05, 4.69) is 5.32 Å². The van der Waals surface area contributed by atoms with E-state index in [1.54, 1.807) is 31.4 Å². The number of anilines is 1. The summed E-state index contributed by atoms with van der Waals surface area (Å²) in [5, 5.41) is 13.7. The zero-order chi connectivity index (χ0) is 18.4. The average molecular weight is 360 g/mol. The first kappa shape index (κ1) is 18.5. The van der Waals surface area contributed by atoms with Gasteiger partial charge in [0.15, 0.2) is 0 Å². The number of carbonyl (C=O) groups excluding carboxylic acids is 2. The molecule has 0 aromatic heterocycles. The summed E-state index contributed by atoms with van der Waals surface area (Å²) in [5.74, 6) is -1.10. The maximum absolute atomic E-state index is 12.4. The van der Waals surface area contributed by atoms with Crippen LogP contribution in [0.25, 0.3) is 0 Å². The second kappa shape index (κ2) is 8.29. The summed E-state index contributed by atoms with van der Waals surface area (Å²) in [4.78, 5) is 35.4. The molecule has 0 saturated heterocycles. The molecule has 0 atom stereocenters. The van der Waals surface area contributed by atoms with Gasteiger partial charge in [-0.3, -0.25) is 14.9 Å². The zero-order valence-electron chi connectivity index (χ0n) is 13.6. The first-order chi connectivity index (χ1) is 12.0. The standard InChI is InChI=1S/C17H16N2O5S/c1-3-24-17(21)12-6-4-5-7-13(12)18-16(20)11-8-9-15(25-2)14(10-11)19(22)23/h4-10H,3H2,1-2H3,(H,18,20). The SMILES string of the molecule is CCOC(=O)c1ccccc1NC(=O)c1ccc(SC)c([N+](=O)[O-])c1. The number of hydrogen-bond acceptors (Lipinski definition) is 6. The van der Waals surface area contributed by atoms with Crippen LogP contribution in [0.5, 0.6) is 0 Å². The summed E-state index contributed by atoms with van der Waals surface area (Å²) in [6, 6.07) is 10.7. The normalized spacial score (nSPS) is 10.2. The Balaban J connectivity index is 2.31. The maximum Gasteiger partial charge on any atom is 0.340 e. The number of nitrogens with zero attached hydrogens (tertiary/aromatic N) is 1. The molecule has 2 aromatic carbocycles. The molecule has 0 aliphatic rings. The van der Waals surface area contributed by atoms with E-state index in [1.165, 1.54) is 36.0 Å². The van der Waals surface area contributed by atoms with Crippen molar-refractivity contribution < 1.29 is 19.2 Å². The Labute approximate surface area is 148 Å². The van der Waals surface area contributed by atoms with Gasteiger partial charge in [-0.05, 0) is 37.4 Å². The van der Waals surface area contributed by atoms with Crippen molar-refractivity contribution in [2.75, 3.05) is 18.2 Å². The van der Waals surface area contributed by atoms with Crippen LogP contribution in [0.1, 0.15) is 27.6 Å². The molecule has 0 aliphatic heterocycles. The van der Waals surface area contributed by atoms with Gasteiger partial charge in [0.25, 0.3) is 11.6 Å². The minimum Gasteiger partial charge on any atom is -0.462 e. The molecule has 2 rings (SSSR count). The van der Waals surface area contributed by atoms with Crippen LogP contribution in [-0.4, -0.2) is 29.7 Å². The van der Waals surface area contributed by atoms with E-state index in [4.69, 9.17) is 4.74 Å². The summed E-state index contributed by atoms with van der Waals surface area (Å²) in [5.41, 5.74) is 0.484. The van der Waals surface area contributed by atoms with Gasteiger partial charge in [0, 0.05) is 11.6 Å². The van der Waals surface area contributed by atoms with Gasteiger partial charge < -0.3 is 10.1 Å². The first-order valence-corrected chi connectivity index (χ1v) is 8.60. The van der Waals surface area contributed by atoms with Crippen molar-refractivity contribution in [3.8, 4) is 0 Å². The molecule has 0 heterocycles. The van der Waals surface area contributed by atoms with Crippen LogP contribution in [0.15, 0.2) is 47.4 Å². The second-order valence-electron chi connectivity index (χ2n) is 4.86. The molecule has 0 radical (unpaired) electrons. The lowest BCUT2D eigenvalue weighted by atomic mass is 10.1. The smallest absolute Gasteiger partial charge is 0.340 e. The Morgan fingerprint density at radius 1 is 1.24 bits per heavy atom. The van der Waals surface area contributed by atoms with Crippen molar-refractivity contribution in [1.29, 1.82) is 0 Å². The molecule has 0 spiro atoms. The molecule has 1 amide bonds. The van der Waals surface area contributed by atoms with Crippen LogP contribution in [0.3, 0.4) is 0 Å². The number of thioether (sulfide) groups is 1. The molecule has 2 aromatic rings. The largest absolute Gasteiger partial charge is 0.462 e. The number of ether oxygens (including phenoxy) is 1. The summed E-state index contributed by atoms with van der Waals surface area (Å²) in [6.45, 7) is 1.90. The molecule has 1 N–H and O–H groups in total. The fourth-order valence-corrected chi connectivity index (χ4v) is 2.69. The van der Waals surface area contributed by atoms with Crippen LogP contribution in [0, 0.1) is 10.1 Å². The molecule has 0 saturated carbocycles. The van der Waals surface area contributed by atoms with Gasteiger partial charge >= 0.3 is 5.97 Å². The van der Waals surface area contributed by atoms with Gasteiger partial charge in [-0.2, -0.15) is 0 Å². The highest BCUT2D eigenvalue weighted by atomic mass is 32.2. The highest BCUT2D eigenvalue weighted by molar-refractivity contribution is 7.98. The quantitative estimate of drug-likeness (QED) is 0.365. The Kier molecular flexibility index (Phi) is 6.13. The number of benzene rings is 2. The van der Waals surface area contributed by atoms with Gasteiger partial charge in [0.2, 0.25) is 0 Å². The number of para-hydroxylation sites is 1. The third-order valence-electron chi connectivity index (χ3n) is 3.31. The minimum atomic E-state index is -0.554. The number of nitrogens with one attached hydrogen (secondary N) is 1. The lowest BCUT2D eigenvalue weighted by molar-refractivity contribution is -0.387. The van der Waals surface area contributed by atoms with E-state index in [1.807, 2.05) is 0 Å².